The van der Waals surface area contributed by atoms with Crippen molar-refractivity contribution < 1.29 is 13.2 Å². The van der Waals surface area contributed by atoms with Gasteiger partial charge < -0.3 is 4.74 Å². The maximum absolute atomic E-state index is 12.0. The van der Waals surface area contributed by atoms with Crippen LogP contribution in [0.25, 0.3) is 0 Å². The molecule has 1 rings (SSSR count). The summed E-state index contributed by atoms with van der Waals surface area (Å²) >= 11 is 0. The van der Waals surface area contributed by atoms with Crippen LogP contribution in [0, 0.1) is 11.3 Å². The second kappa shape index (κ2) is 7.24. The van der Waals surface area contributed by atoms with E-state index in [2.05, 4.69) is 4.72 Å². The topological polar surface area (TPSA) is 79.2 Å². The van der Waals surface area contributed by atoms with E-state index in [0.29, 0.717) is 13.0 Å². The second-order valence-corrected chi connectivity index (χ2v) is 6.01. The summed E-state index contributed by atoms with van der Waals surface area (Å²) in [6.45, 7) is 4.63. The van der Waals surface area contributed by atoms with Gasteiger partial charge >= 0.3 is 0 Å². The van der Waals surface area contributed by atoms with Gasteiger partial charge in [-0.05, 0) is 32.4 Å². The summed E-state index contributed by atoms with van der Waals surface area (Å²) in [5.74, 6) is 0. The van der Waals surface area contributed by atoms with Crippen molar-refractivity contribution >= 4 is 10.0 Å². The van der Waals surface area contributed by atoms with Crippen LogP contribution in [0.1, 0.15) is 25.8 Å². The Morgan fingerprint density at radius 3 is 2.68 bits per heavy atom. The molecule has 1 aromatic rings. The van der Waals surface area contributed by atoms with Gasteiger partial charge in [-0.3, -0.25) is 0 Å². The predicted molar refractivity (Wildman–Crippen MR) is 72.1 cm³/mol. The molecule has 0 spiro atoms. The van der Waals surface area contributed by atoms with Crippen molar-refractivity contribution in [3.8, 4) is 6.07 Å². The third kappa shape index (κ3) is 4.99. The molecule has 0 radical (unpaired) electrons. The number of benzene rings is 1. The number of hydrogen-bond acceptors (Lipinski definition) is 4. The number of nitrogens with one attached hydrogen (secondary N) is 1. The SMILES string of the molecule is CC(C)OCCCNS(=O)(=O)c1ccccc1C#N. The average Bonchev–Trinajstić information content (AvgIpc) is 2.37. The highest BCUT2D eigenvalue weighted by molar-refractivity contribution is 7.89. The van der Waals surface area contributed by atoms with Gasteiger partial charge in [0.25, 0.3) is 0 Å². The van der Waals surface area contributed by atoms with Crippen LogP contribution < -0.4 is 4.72 Å². The Morgan fingerprint density at radius 1 is 1.37 bits per heavy atom. The monoisotopic (exact) mass is 282 g/mol. The molecule has 0 saturated heterocycles. The molecule has 0 fully saturated rings. The lowest BCUT2D eigenvalue weighted by Gasteiger charge is -2.09. The quantitative estimate of drug-likeness (QED) is 0.771. The van der Waals surface area contributed by atoms with Gasteiger partial charge in [0.1, 0.15) is 6.07 Å². The molecular formula is C13H18N2O3S. The standard InChI is InChI=1S/C13H18N2O3S/c1-11(2)18-9-5-8-15-19(16,17)13-7-4-3-6-12(13)10-14/h3-4,6-7,11,15H,5,8-9H2,1-2H3. The van der Waals surface area contributed by atoms with Crippen LogP contribution in [0.5, 0.6) is 0 Å². The lowest BCUT2D eigenvalue weighted by molar-refractivity contribution is 0.0778. The first kappa shape index (κ1) is 15.6. The van der Waals surface area contributed by atoms with Crippen molar-refractivity contribution in [3.63, 3.8) is 0 Å². The maximum Gasteiger partial charge on any atom is 0.241 e. The van der Waals surface area contributed by atoms with E-state index < -0.39 is 10.0 Å². The number of ether oxygens (including phenoxy) is 1. The smallest absolute Gasteiger partial charge is 0.241 e. The molecule has 0 unspecified atom stereocenters. The molecule has 19 heavy (non-hydrogen) atoms. The molecule has 0 atom stereocenters. The van der Waals surface area contributed by atoms with Gasteiger partial charge in [-0.25, -0.2) is 13.1 Å². The fourth-order valence-electron chi connectivity index (χ4n) is 1.47. The minimum atomic E-state index is -3.63. The molecule has 0 saturated carbocycles. The number of rotatable bonds is 7. The van der Waals surface area contributed by atoms with Gasteiger partial charge in [0.2, 0.25) is 10.0 Å². The number of hydrogen-bond donors (Lipinski definition) is 1. The van der Waals surface area contributed by atoms with Gasteiger partial charge in [-0.2, -0.15) is 5.26 Å². The molecule has 0 heterocycles. The van der Waals surface area contributed by atoms with Crippen LogP contribution in [0.2, 0.25) is 0 Å². The van der Waals surface area contributed by atoms with E-state index in [1.807, 2.05) is 19.9 Å². The molecule has 0 aliphatic heterocycles. The van der Waals surface area contributed by atoms with E-state index >= 15 is 0 Å². The lowest BCUT2D eigenvalue weighted by Crippen LogP contribution is -2.26. The predicted octanol–water partition coefficient (Wildman–Crippen LogP) is 1.65. The van der Waals surface area contributed by atoms with Crippen LogP contribution in [0.3, 0.4) is 0 Å². The average molecular weight is 282 g/mol. The zero-order valence-corrected chi connectivity index (χ0v) is 11.9. The summed E-state index contributed by atoms with van der Waals surface area (Å²) in [6.07, 6.45) is 0.725. The molecule has 0 aliphatic carbocycles. The first-order valence-corrected chi connectivity index (χ1v) is 7.56. The maximum atomic E-state index is 12.0. The first-order chi connectivity index (χ1) is 8.97. The molecule has 104 valence electrons. The summed E-state index contributed by atoms with van der Waals surface area (Å²) in [5.41, 5.74) is 0.147. The molecule has 1 N–H and O–H groups in total. The van der Waals surface area contributed by atoms with Crippen molar-refractivity contribution in [1.82, 2.24) is 4.72 Å². The van der Waals surface area contributed by atoms with Crippen molar-refractivity contribution in [2.75, 3.05) is 13.2 Å². The van der Waals surface area contributed by atoms with E-state index in [1.165, 1.54) is 12.1 Å². The summed E-state index contributed by atoms with van der Waals surface area (Å²) in [7, 11) is -3.63. The largest absolute Gasteiger partial charge is 0.379 e. The Hall–Kier alpha value is -1.42. The number of nitriles is 1. The Morgan fingerprint density at radius 2 is 2.05 bits per heavy atom. The Labute approximate surface area is 114 Å². The zero-order chi connectivity index (χ0) is 14.3. The van der Waals surface area contributed by atoms with Crippen molar-refractivity contribution in [1.29, 1.82) is 5.26 Å². The van der Waals surface area contributed by atoms with Gasteiger partial charge in [0.05, 0.1) is 16.6 Å². The fourth-order valence-corrected chi connectivity index (χ4v) is 2.70. The molecule has 0 bridgehead atoms. The van der Waals surface area contributed by atoms with Crippen molar-refractivity contribution in [2.45, 2.75) is 31.3 Å². The molecule has 0 aliphatic rings. The molecule has 0 aromatic heterocycles. The Kier molecular flexibility index (Phi) is 5.96. The minimum absolute atomic E-state index is 0.0160. The normalized spacial score (nSPS) is 11.5. The number of sulfonamides is 1. The molecule has 0 amide bonds. The van der Waals surface area contributed by atoms with Crippen molar-refractivity contribution in [3.05, 3.63) is 29.8 Å². The van der Waals surface area contributed by atoms with Crippen LogP contribution in [0.15, 0.2) is 29.2 Å². The van der Waals surface area contributed by atoms with E-state index in [1.54, 1.807) is 12.1 Å². The zero-order valence-electron chi connectivity index (χ0n) is 11.1. The van der Waals surface area contributed by atoms with E-state index in [0.717, 1.165) is 0 Å². The van der Waals surface area contributed by atoms with Crippen LogP contribution >= 0.6 is 0 Å². The summed E-state index contributed by atoms with van der Waals surface area (Å²) in [5, 5.41) is 8.89. The van der Waals surface area contributed by atoms with E-state index in [4.69, 9.17) is 10.00 Å². The first-order valence-electron chi connectivity index (χ1n) is 6.08. The van der Waals surface area contributed by atoms with Crippen molar-refractivity contribution in [2.24, 2.45) is 0 Å². The van der Waals surface area contributed by atoms with Gasteiger partial charge in [0.15, 0.2) is 0 Å². The number of nitrogens with zero attached hydrogens (tertiary/aromatic N) is 1. The Balaban J connectivity index is 2.60. The highest BCUT2D eigenvalue weighted by Crippen LogP contribution is 2.13. The molecular weight excluding hydrogens is 264 g/mol. The lowest BCUT2D eigenvalue weighted by atomic mass is 10.2. The van der Waals surface area contributed by atoms with Crippen LogP contribution in [0.4, 0.5) is 0 Å². The summed E-state index contributed by atoms with van der Waals surface area (Å²) < 4.78 is 31.8. The summed E-state index contributed by atoms with van der Waals surface area (Å²) in [4.78, 5) is 0.0160. The summed E-state index contributed by atoms with van der Waals surface area (Å²) in [6, 6.07) is 8.01. The molecule has 6 heteroatoms. The fraction of sp³-hybridized carbons (Fsp3) is 0.462. The third-order valence-electron chi connectivity index (χ3n) is 2.36. The molecule has 5 nitrogen and oxygen atoms in total. The highest BCUT2D eigenvalue weighted by Gasteiger charge is 2.17. The molecule has 1 aromatic carbocycles. The van der Waals surface area contributed by atoms with Gasteiger partial charge in [-0.1, -0.05) is 12.1 Å². The van der Waals surface area contributed by atoms with Gasteiger partial charge in [0, 0.05) is 13.2 Å². The van der Waals surface area contributed by atoms with Gasteiger partial charge in [-0.15, -0.1) is 0 Å². The second-order valence-electron chi connectivity index (χ2n) is 4.28. The minimum Gasteiger partial charge on any atom is -0.379 e. The van der Waals surface area contributed by atoms with E-state index in [-0.39, 0.29) is 23.1 Å². The highest BCUT2D eigenvalue weighted by atomic mass is 32.2. The van der Waals surface area contributed by atoms with Crippen LogP contribution in [-0.2, 0) is 14.8 Å². The van der Waals surface area contributed by atoms with Crippen LogP contribution in [-0.4, -0.2) is 27.7 Å². The Bertz CT molecular complexity index is 547. The third-order valence-corrected chi connectivity index (χ3v) is 3.88. The van der Waals surface area contributed by atoms with E-state index in [9.17, 15) is 8.42 Å².